The van der Waals surface area contributed by atoms with Crippen LogP contribution in [0.2, 0.25) is 0 Å². The maximum absolute atomic E-state index is 12.5. The molecule has 0 radical (unpaired) electrons. The topological polar surface area (TPSA) is 122 Å². The highest BCUT2D eigenvalue weighted by Gasteiger charge is 2.25. The van der Waals surface area contributed by atoms with Gasteiger partial charge in [0.15, 0.2) is 10.9 Å². The van der Waals surface area contributed by atoms with Crippen molar-refractivity contribution in [2.24, 2.45) is 7.05 Å². The summed E-state index contributed by atoms with van der Waals surface area (Å²) in [5.41, 5.74) is 2.01. The lowest BCUT2D eigenvalue weighted by Gasteiger charge is -2.15. The first-order valence-electron chi connectivity index (χ1n) is 10.7. The number of nitrogens with zero attached hydrogens (tertiary/aromatic N) is 3. The lowest BCUT2D eigenvalue weighted by molar-refractivity contribution is -0.114. The summed E-state index contributed by atoms with van der Waals surface area (Å²) < 4.78 is 7.38. The van der Waals surface area contributed by atoms with E-state index >= 15 is 0 Å². The fraction of sp³-hybridized carbons (Fsp3) is 0.261. The zero-order valence-corrected chi connectivity index (χ0v) is 19.8. The van der Waals surface area contributed by atoms with Gasteiger partial charge in [-0.25, -0.2) is 4.98 Å². The Morgan fingerprint density at radius 1 is 1.15 bits per heavy atom. The van der Waals surface area contributed by atoms with Crippen LogP contribution in [0.1, 0.15) is 31.2 Å². The van der Waals surface area contributed by atoms with E-state index in [0.717, 1.165) is 18.4 Å². The van der Waals surface area contributed by atoms with Gasteiger partial charge in [-0.1, -0.05) is 0 Å². The molecule has 1 saturated carbocycles. The molecule has 0 atom stereocenters. The highest BCUT2D eigenvalue weighted by molar-refractivity contribution is 7.80. The van der Waals surface area contributed by atoms with Gasteiger partial charge in [0.05, 0.1) is 5.69 Å². The van der Waals surface area contributed by atoms with Crippen molar-refractivity contribution in [3.8, 4) is 11.6 Å². The van der Waals surface area contributed by atoms with Gasteiger partial charge >= 0.3 is 0 Å². The SMILES string of the molecule is CNc1nc(Oc2ccnc(NC(C)=O)c2)ccc1NC(=S)Nc1cc(C2CC2)cn(C)c1=O. The van der Waals surface area contributed by atoms with Crippen molar-refractivity contribution in [2.75, 3.05) is 28.3 Å². The average molecular weight is 480 g/mol. The van der Waals surface area contributed by atoms with Gasteiger partial charge in [-0.3, -0.25) is 9.59 Å². The van der Waals surface area contributed by atoms with E-state index in [1.165, 1.54) is 13.1 Å². The molecule has 10 nitrogen and oxygen atoms in total. The van der Waals surface area contributed by atoms with Crippen LogP contribution in [0.25, 0.3) is 0 Å². The molecule has 1 aliphatic carbocycles. The first kappa shape index (κ1) is 23.2. The molecule has 0 spiro atoms. The number of carbonyl (C=O) groups excluding carboxylic acids is 1. The molecule has 0 saturated heterocycles. The Kier molecular flexibility index (Phi) is 6.73. The number of anilines is 4. The Balaban J connectivity index is 1.46. The van der Waals surface area contributed by atoms with Crippen molar-refractivity contribution in [1.82, 2.24) is 14.5 Å². The maximum Gasteiger partial charge on any atom is 0.274 e. The summed E-state index contributed by atoms with van der Waals surface area (Å²) in [6.07, 6.45) is 5.69. The molecule has 1 aliphatic rings. The lowest BCUT2D eigenvalue weighted by atomic mass is 10.2. The first-order chi connectivity index (χ1) is 16.3. The van der Waals surface area contributed by atoms with Crippen molar-refractivity contribution in [3.63, 3.8) is 0 Å². The second-order valence-corrected chi connectivity index (χ2v) is 8.32. The Hall–Kier alpha value is -3.99. The molecule has 1 amide bonds. The standard InChI is InChI=1S/C23H25N7O3S/c1-13(31)26-19-11-16(8-9-25-19)33-20-7-6-17(21(24-2)29-20)27-23(34)28-18-10-15(14-4-5-14)12-30(3)22(18)32/h6-12,14H,4-5H2,1-3H3,(H,24,29)(H,25,26,31)(H2,27,28,34). The van der Waals surface area contributed by atoms with Crippen molar-refractivity contribution in [3.05, 3.63) is 58.6 Å². The summed E-state index contributed by atoms with van der Waals surface area (Å²) in [5, 5.41) is 12.0. The van der Waals surface area contributed by atoms with Crippen LogP contribution in [0.4, 0.5) is 23.0 Å². The number of amides is 1. The number of carbonyl (C=O) groups is 1. The van der Waals surface area contributed by atoms with Gasteiger partial charge < -0.3 is 30.6 Å². The zero-order chi connectivity index (χ0) is 24.2. The van der Waals surface area contributed by atoms with Gasteiger partial charge in [-0.15, -0.1) is 0 Å². The zero-order valence-electron chi connectivity index (χ0n) is 19.0. The predicted octanol–water partition coefficient (Wildman–Crippen LogP) is 3.65. The minimum absolute atomic E-state index is 0.153. The van der Waals surface area contributed by atoms with Crippen LogP contribution >= 0.6 is 12.2 Å². The van der Waals surface area contributed by atoms with E-state index in [-0.39, 0.29) is 16.6 Å². The number of thiocarbonyl (C=S) groups is 1. The molecular weight excluding hydrogens is 454 g/mol. The van der Waals surface area contributed by atoms with Crippen LogP contribution in [0.3, 0.4) is 0 Å². The Morgan fingerprint density at radius 2 is 1.91 bits per heavy atom. The van der Waals surface area contributed by atoms with E-state index in [1.807, 2.05) is 12.3 Å². The Labute approximate surface area is 201 Å². The monoisotopic (exact) mass is 479 g/mol. The second kappa shape index (κ2) is 9.87. The number of aromatic nitrogens is 3. The van der Waals surface area contributed by atoms with Gasteiger partial charge in [0.2, 0.25) is 11.8 Å². The summed E-state index contributed by atoms with van der Waals surface area (Å²) in [5.74, 6) is 1.97. The maximum atomic E-state index is 12.5. The number of hydrogen-bond acceptors (Lipinski definition) is 7. The lowest BCUT2D eigenvalue weighted by Crippen LogP contribution is -2.27. The van der Waals surface area contributed by atoms with Crippen LogP contribution in [0.5, 0.6) is 11.6 Å². The molecule has 4 rings (SSSR count). The van der Waals surface area contributed by atoms with Crippen molar-refractivity contribution in [2.45, 2.75) is 25.7 Å². The summed E-state index contributed by atoms with van der Waals surface area (Å²) in [4.78, 5) is 32.3. The number of nitrogens with one attached hydrogen (secondary N) is 4. The molecule has 0 aliphatic heterocycles. The van der Waals surface area contributed by atoms with E-state index in [9.17, 15) is 9.59 Å². The molecule has 34 heavy (non-hydrogen) atoms. The molecule has 0 bridgehead atoms. The van der Waals surface area contributed by atoms with Gasteiger partial charge in [-0.2, -0.15) is 4.98 Å². The van der Waals surface area contributed by atoms with E-state index in [4.69, 9.17) is 17.0 Å². The summed E-state index contributed by atoms with van der Waals surface area (Å²) in [7, 11) is 3.46. The van der Waals surface area contributed by atoms with Crippen LogP contribution in [0.15, 0.2) is 47.5 Å². The molecule has 11 heteroatoms. The molecular formula is C23H25N7O3S. The number of pyridine rings is 3. The van der Waals surface area contributed by atoms with Gasteiger partial charge in [-0.05, 0) is 54.7 Å². The van der Waals surface area contributed by atoms with Crippen LogP contribution in [-0.4, -0.2) is 32.6 Å². The first-order valence-corrected chi connectivity index (χ1v) is 11.1. The minimum atomic E-state index is -0.225. The van der Waals surface area contributed by atoms with Crippen LogP contribution < -0.4 is 31.6 Å². The predicted molar refractivity (Wildman–Crippen MR) is 136 cm³/mol. The second-order valence-electron chi connectivity index (χ2n) is 7.91. The van der Waals surface area contributed by atoms with Crippen molar-refractivity contribution >= 4 is 46.2 Å². The summed E-state index contributed by atoms with van der Waals surface area (Å²) in [6.45, 7) is 1.41. The Morgan fingerprint density at radius 3 is 2.62 bits per heavy atom. The average Bonchev–Trinajstić information content (AvgIpc) is 3.63. The largest absolute Gasteiger partial charge is 0.439 e. The van der Waals surface area contributed by atoms with E-state index in [0.29, 0.717) is 40.6 Å². The number of rotatable bonds is 7. The van der Waals surface area contributed by atoms with Crippen LogP contribution in [-0.2, 0) is 11.8 Å². The molecule has 176 valence electrons. The normalized spacial score (nSPS) is 12.6. The quantitative estimate of drug-likeness (QED) is 0.376. The third-order valence-electron chi connectivity index (χ3n) is 5.11. The highest BCUT2D eigenvalue weighted by atomic mass is 32.1. The molecule has 4 N–H and O–H groups in total. The number of aryl methyl sites for hydroxylation is 1. The molecule has 3 aromatic heterocycles. The minimum Gasteiger partial charge on any atom is -0.439 e. The molecule has 0 unspecified atom stereocenters. The molecule has 1 fully saturated rings. The Bertz CT molecular complexity index is 1300. The van der Waals surface area contributed by atoms with Gasteiger partial charge in [0.1, 0.15) is 17.3 Å². The van der Waals surface area contributed by atoms with Gasteiger partial charge in [0.25, 0.3) is 5.56 Å². The number of hydrogen-bond donors (Lipinski definition) is 4. The summed E-state index contributed by atoms with van der Waals surface area (Å²) >= 11 is 5.44. The summed E-state index contributed by atoms with van der Waals surface area (Å²) in [6, 6.07) is 8.57. The number of ether oxygens (including phenoxy) is 1. The highest BCUT2D eigenvalue weighted by Crippen LogP contribution is 2.40. The molecule has 0 aromatic carbocycles. The third kappa shape index (κ3) is 5.67. The molecule has 3 heterocycles. The van der Waals surface area contributed by atoms with Crippen LogP contribution in [0, 0.1) is 0 Å². The smallest absolute Gasteiger partial charge is 0.274 e. The fourth-order valence-corrected chi connectivity index (χ4v) is 3.60. The van der Waals surface area contributed by atoms with Crippen molar-refractivity contribution < 1.29 is 9.53 Å². The van der Waals surface area contributed by atoms with E-state index in [1.54, 1.807) is 42.9 Å². The molecule has 3 aromatic rings. The van der Waals surface area contributed by atoms with E-state index < -0.39 is 0 Å². The van der Waals surface area contributed by atoms with E-state index in [2.05, 4.69) is 31.2 Å². The third-order valence-corrected chi connectivity index (χ3v) is 5.32. The van der Waals surface area contributed by atoms with Gasteiger partial charge in [0, 0.05) is 45.5 Å². The fourth-order valence-electron chi connectivity index (χ4n) is 3.38. The van der Waals surface area contributed by atoms with Crippen molar-refractivity contribution in [1.29, 1.82) is 0 Å².